The smallest absolute Gasteiger partial charge is 0.252 e. The zero-order valence-electron chi connectivity index (χ0n) is 18.1. The molecule has 1 aromatic heterocycles. The van der Waals surface area contributed by atoms with E-state index in [0.717, 1.165) is 23.0 Å². The summed E-state index contributed by atoms with van der Waals surface area (Å²) in [5, 5.41) is 2.99. The van der Waals surface area contributed by atoms with Gasteiger partial charge in [-0.3, -0.25) is 19.5 Å². The molecule has 2 aliphatic rings. The highest BCUT2D eigenvalue weighted by Gasteiger charge is 2.42. The fraction of sp³-hybridized carbons (Fsp3) is 0.409. The maximum atomic E-state index is 12.9. The lowest BCUT2D eigenvalue weighted by Crippen LogP contribution is -2.43. The highest BCUT2D eigenvalue weighted by Crippen LogP contribution is 2.31. The normalized spacial score (nSPS) is 21.7. The van der Waals surface area contributed by atoms with Gasteiger partial charge in [0.2, 0.25) is 15.9 Å². The molecule has 176 valence electrons. The molecule has 2 aliphatic heterocycles. The summed E-state index contributed by atoms with van der Waals surface area (Å²) in [5.74, 6) is -1.77. The number of morpholine rings is 1. The van der Waals surface area contributed by atoms with Crippen LogP contribution in [0.2, 0.25) is 5.02 Å². The van der Waals surface area contributed by atoms with Crippen molar-refractivity contribution in [2.45, 2.75) is 13.0 Å². The van der Waals surface area contributed by atoms with E-state index in [1.807, 2.05) is 12.1 Å². The summed E-state index contributed by atoms with van der Waals surface area (Å²) in [5.41, 5.74) is 1.31. The van der Waals surface area contributed by atoms with Crippen LogP contribution in [-0.2, 0) is 19.6 Å². The highest BCUT2D eigenvalue weighted by atomic mass is 35.5. The number of hydrogen-bond acceptors (Lipinski definition) is 7. The maximum Gasteiger partial charge on any atom is 0.252 e. The van der Waals surface area contributed by atoms with E-state index in [1.54, 1.807) is 19.3 Å². The second-order valence-corrected chi connectivity index (χ2v) is 10.4. The van der Waals surface area contributed by atoms with Crippen molar-refractivity contribution in [1.82, 2.24) is 15.2 Å². The lowest BCUT2D eigenvalue weighted by Gasteiger charge is -2.34. The number of amides is 2. The van der Waals surface area contributed by atoms with Gasteiger partial charge in [-0.2, -0.15) is 0 Å². The monoisotopic (exact) mass is 492 g/mol. The van der Waals surface area contributed by atoms with Crippen molar-refractivity contribution >= 4 is 39.1 Å². The molecular weight excluding hydrogens is 468 g/mol. The Balaban J connectivity index is 1.50. The van der Waals surface area contributed by atoms with E-state index in [4.69, 9.17) is 16.3 Å². The van der Waals surface area contributed by atoms with E-state index in [9.17, 15) is 18.0 Å². The summed E-state index contributed by atoms with van der Waals surface area (Å²) in [6.07, 6.45) is 3.48. The van der Waals surface area contributed by atoms with Crippen molar-refractivity contribution in [3.05, 3.63) is 58.9 Å². The van der Waals surface area contributed by atoms with Crippen LogP contribution in [-0.4, -0.2) is 68.7 Å². The fourth-order valence-corrected chi connectivity index (χ4v) is 6.18. The van der Waals surface area contributed by atoms with Gasteiger partial charge in [-0.1, -0.05) is 24.6 Å². The van der Waals surface area contributed by atoms with Crippen molar-refractivity contribution in [2.24, 2.45) is 5.92 Å². The van der Waals surface area contributed by atoms with E-state index in [0.29, 0.717) is 19.8 Å². The summed E-state index contributed by atoms with van der Waals surface area (Å²) in [6, 6.07) is 7.94. The highest BCUT2D eigenvalue weighted by molar-refractivity contribution is 7.94. The van der Waals surface area contributed by atoms with E-state index < -0.39 is 27.8 Å². The van der Waals surface area contributed by atoms with Gasteiger partial charge in [0.05, 0.1) is 47.2 Å². The molecule has 0 aliphatic carbocycles. The molecule has 1 N–H and O–H groups in total. The molecule has 0 radical (unpaired) electrons. The number of carbonyl (C=O) groups excluding carboxylic acids is 2. The summed E-state index contributed by atoms with van der Waals surface area (Å²) in [4.78, 5) is 31.7. The third-order valence-electron chi connectivity index (χ3n) is 5.80. The van der Waals surface area contributed by atoms with Crippen molar-refractivity contribution in [3.63, 3.8) is 0 Å². The Labute approximate surface area is 197 Å². The third kappa shape index (κ3) is 5.03. The van der Waals surface area contributed by atoms with E-state index in [2.05, 4.69) is 15.2 Å². The molecule has 11 heteroatoms. The Morgan fingerprint density at radius 2 is 2.06 bits per heavy atom. The molecule has 0 bridgehead atoms. The van der Waals surface area contributed by atoms with Gasteiger partial charge >= 0.3 is 0 Å². The molecule has 3 heterocycles. The average Bonchev–Trinajstić information content (AvgIpc) is 3.01. The first kappa shape index (κ1) is 23.6. The number of aromatic nitrogens is 1. The zero-order valence-corrected chi connectivity index (χ0v) is 19.7. The number of anilines is 1. The second-order valence-electron chi connectivity index (χ2n) is 8.11. The fourth-order valence-electron chi connectivity index (χ4n) is 4.11. The molecule has 4 rings (SSSR count). The van der Waals surface area contributed by atoms with Gasteiger partial charge in [-0.25, -0.2) is 12.7 Å². The van der Waals surface area contributed by atoms with E-state index >= 15 is 0 Å². The van der Waals surface area contributed by atoms with Crippen LogP contribution in [0, 0.1) is 5.92 Å². The number of sulfonamides is 1. The van der Waals surface area contributed by atoms with Crippen molar-refractivity contribution in [2.75, 3.05) is 42.9 Å². The molecule has 2 atom stereocenters. The van der Waals surface area contributed by atoms with Crippen LogP contribution < -0.4 is 9.62 Å². The number of pyridine rings is 1. The average molecular weight is 493 g/mol. The van der Waals surface area contributed by atoms with E-state index in [1.165, 1.54) is 18.2 Å². The molecule has 0 saturated carbocycles. The Morgan fingerprint density at radius 3 is 2.67 bits per heavy atom. The Bertz CT molecular complexity index is 1140. The van der Waals surface area contributed by atoms with Crippen LogP contribution in [0.3, 0.4) is 0 Å². The topological polar surface area (TPSA) is 109 Å². The Hall–Kier alpha value is -2.53. The summed E-state index contributed by atoms with van der Waals surface area (Å²) < 4.78 is 30.9. The van der Waals surface area contributed by atoms with E-state index in [-0.39, 0.29) is 28.1 Å². The van der Waals surface area contributed by atoms with Gasteiger partial charge in [0.15, 0.2) is 0 Å². The van der Waals surface area contributed by atoms with Crippen LogP contribution in [0.15, 0.2) is 42.7 Å². The minimum Gasteiger partial charge on any atom is -0.379 e. The van der Waals surface area contributed by atoms with Crippen LogP contribution in [0.5, 0.6) is 0 Å². The molecule has 33 heavy (non-hydrogen) atoms. The number of ether oxygens (including phenoxy) is 1. The number of hydrogen-bond donors (Lipinski definition) is 1. The van der Waals surface area contributed by atoms with Crippen LogP contribution in [0.1, 0.15) is 28.9 Å². The van der Waals surface area contributed by atoms with Gasteiger partial charge in [0.25, 0.3) is 5.91 Å². The van der Waals surface area contributed by atoms with Gasteiger partial charge in [-0.15, -0.1) is 0 Å². The molecule has 2 saturated heterocycles. The molecule has 1 aromatic carbocycles. The molecule has 2 amide bonds. The predicted octanol–water partition coefficient (Wildman–Crippen LogP) is 1.85. The largest absolute Gasteiger partial charge is 0.379 e. The Morgan fingerprint density at radius 1 is 1.30 bits per heavy atom. The number of benzene rings is 1. The number of nitrogens with zero attached hydrogens (tertiary/aromatic N) is 3. The van der Waals surface area contributed by atoms with Crippen LogP contribution in [0.25, 0.3) is 0 Å². The predicted molar refractivity (Wildman–Crippen MR) is 124 cm³/mol. The summed E-state index contributed by atoms with van der Waals surface area (Å²) in [7, 11) is -3.75. The van der Waals surface area contributed by atoms with Gasteiger partial charge in [0, 0.05) is 32.0 Å². The summed E-state index contributed by atoms with van der Waals surface area (Å²) in [6.45, 7) is 4.61. The second kappa shape index (κ2) is 9.76. The molecular formula is C22H25ClN4O5S. The first-order valence-corrected chi connectivity index (χ1v) is 12.6. The summed E-state index contributed by atoms with van der Waals surface area (Å²) >= 11 is 6.33. The van der Waals surface area contributed by atoms with Crippen LogP contribution in [0.4, 0.5) is 5.69 Å². The lowest BCUT2D eigenvalue weighted by atomic mass is 10.1. The number of nitrogens with one attached hydrogen (secondary N) is 1. The minimum absolute atomic E-state index is 0.0665. The molecule has 2 fully saturated rings. The zero-order chi connectivity index (χ0) is 23.6. The molecule has 2 aromatic rings. The first-order valence-electron chi connectivity index (χ1n) is 10.6. The van der Waals surface area contributed by atoms with Crippen LogP contribution >= 0.6 is 11.6 Å². The minimum atomic E-state index is -3.75. The SMILES string of the molecule is CC1CS(=O)(=O)N(c2ccc(C(=O)NCC(c3cccnc3)N3CCOCC3)c(Cl)c2)C1=O. The molecule has 9 nitrogen and oxygen atoms in total. The molecule has 0 spiro atoms. The van der Waals surface area contributed by atoms with Gasteiger partial charge in [-0.05, 0) is 29.8 Å². The number of rotatable bonds is 6. The standard InChI is InChI=1S/C22H25ClN4O5S/c1-15-14-33(30,31)27(22(15)29)17-4-5-18(19(23)11-17)21(28)25-13-20(16-3-2-6-24-12-16)26-7-9-32-10-8-26/h2-6,11-12,15,20H,7-10,13-14H2,1H3,(H,25,28). The Kier molecular flexibility index (Phi) is 6.99. The van der Waals surface area contributed by atoms with Gasteiger partial charge < -0.3 is 10.1 Å². The third-order valence-corrected chi connectivity index (χ3v) is 7.98. The lowest BCUT2D eigenvalue weighted by molar-refractivity contribution is -0.119. The first-order chi connectivity index (χ1) is 15.8. The number of carbonyl (C=O) groups is 2. The van der Waals surface area contributed by atoms with Crippen molar-refractivity contribution in [1.29, 1.82) is 0 Å². The van der Waals surface area contributed by atoms with Crippen molar-refractivity contribution in [3.8, 4) is 0 Å². The maximum absolute atomic E-state index is 12.9. The van der Waals surface area contributed by atoms with Gasteiger partial charge in [0.1, 0.15) is 0 Å². The number of halogens is 1. The quantitative estimate of drug-likeness (QED) is 0.655. The molecule has 2 unspecified atom stereocenters. The van der Waals surface area contributed by atoms with Crippen molar-refractivity contribution < 1.29 is 22.7 Å².